The Bertz CT molecular complexity index is 1210. The quantitative estimate of drug-likeness (QED) is 0.484. The maximum absolute atomic E-state index is 12.1. The number of aryl methyl sites for hydroxylation is 3. The van der Waals surface area contributed by atoms with Crippen LogP contribution in [0.25, 0.3) is 11.0 Å². The molecule has 1 aliphatic carbocycles. The second-order valence-electron chi connectivity index (χ2n) is 7.73. The molecule has 1 amide bonds. The summed E-state index contributed by atoms with van der Waals surface area (Å²) in [6, 6.07) is 10.8. The molecule has 0 atom stereocenters. The van der Waals surface area contributed by atoms with E-state index in [0.29, 0.717) is 17.0 Å². The normalized spacial score (nSPS) is 12.5. The molecule has 7 heteroatoms. The molecule has 31 heavy (non-hydrogen) atoms. The van der Waals surface area contributed by atoms with Crippen LogP contribution in [0, 0.1) is 13.8 Å². The van der Waals surface area contributed by atoms with E-state index in [1.54, 1.807) is 12.1 Å². The third-order valence-corrected chi connectivity index (χ3v) is 5.17. The second kappa shape index (κ2) is 8.63. The predicted molar refractivity (Wildman–Crippen MR) is 116 cm³/mol. The zero-order chi connectivity index (χ0) is 22.0. The number of hydrogen-bond donors (Lipinski definition) is 1. The van der Waals surface area contributed by atoms with Gasteiger partial charge in [0.1, 0.15) is 11.3 Å². The van der Waals surface area contributed by atoms with Gasteiger partial charge in [-0.15, -0.1) is 0 Å². The Morgan fingerprint density at radius 2 is 1.74 bits per heavy atom. The Balaban J connectivity index is 1.31. The molecule has 0 saturated carbocycles. The van der Waals surface area contributed by atoms with Gasteiger partial charge >= 0.3 is 11.6 Å². The molecule has 3 aromatic rings. The van der Waals surface area contributed by atoms with Gasteiger partial charge < -0.3 is 19.2 Å². The van der Waals surface area contributed by atoms with Gasteiger partial charge in [0, 0.05) is 22.7 Å². The highest BCUT2D eigenvalue weighted by molar-refractivity contribution is 5.93. The summed E-state index contributed by atoms with van der Waals surface area (Å²) in [6.07, 6.45) is 2.54. The molecule has 0 spiro atoms. The lowest BCUT2D eigenvalue weighted by atomic mass is 10.1. The van der Waals surface area contributed by atoms with E-state index in [4.69, 9.17) is 13.9 Å². The first-order valence-corrected chi connectivity index (χ1v) is 10.1. The number of amides is 1. The van der Waals surface area contributed by atoms with Crippen LogP contribution >= 0.6 is 0 Å². The number of hydrogen-bond acceptors (Lipinski definition) is 6. The van der Waals surface area contributed by atoms with Gasteiger partial charge in [-0.3, -0.25) is 4.79 Å². The van der Waals surface area contributed by atoms with E-state index in [9.17, 15) is 14.4 Å². The Morgan fingerprint density at radius 3 is 2.52 bits per heavy atom. The van der Waals surface area contributed by atoms with Crippen molar-refractivity contribution in [1.29, 1.82) is 0 Å². The van der Waals surface area contributed by atoms with Gasteiger partial charge in [0.05, 0.1) is 0 Å². The fourth-order valence-corrected chi connectivity index (χ4v) is 3.93. The lowest BCUT2D eigenvalue weighted by Crippen LogP contribution is -2.23. The Hall–Kier alpha value is -3.61. The van der Waals surface area contributed by atoms with Crippen molar-refractivity contribution >= 4 is 28.5 Å². The smallest absolute Gasteiger partial charge is 0.344 e. The number of benzene rings is 2. The second-order valence-corrected chi connectivity index (χ2v) is 7.73. The minimum Gasteiger partial charge on any atom is -0.482 e. The number of rotatable bonds is 6. The van der Waals surface area contributed by atoms with Crippen LogP contribution in [0.5, 0.6) is 5.75 Å². The van der Waals surface area contributed by atoms with Gasteiger partial charge in [-0.05, 0) is 74.1 Å². The maximum Gasteiger partial charge on any atom is 0.344 e. The fraction of sp³-hybridized carbons (Fsp3) is 0.292. The molecule has 7 nitrogen and oxygen atoms in total. The largest absolute Gasteiger partial charge is 0.482 e. The van der Waals surface area contributed by atoms with Crippen LogP contribution in [0.3, 0.4) is 0 Å². The van der Waals surface area contributed by atoms with Gasteiger partial charge in [-0.2, -0.15) is 0 Å². The van der Waals surface area contributed by atoms with Crippen molar-refractivity contribution in [3.8, 4) is 5.75 Å². The molecule has 0 aliphatic heterocycles. The molecule has 0 fully saturated rings. The lowest BCUT2D eigenvalue weighted by Gasteiger charge is -2.10. The summed E-state index contributed by atoms with van der Waals surface area (Å²) in [7, 11) is 0. The molecule has 0 radical (unpaired) electrons. The standard InChI is InChI=1S/C24H23NO6/c1-14-8-15(2)10-16(9-14)25-22(26)12-30-23(27)13-29-17-6-7-19-18-4-3-5-20(18)24(28)31-21(19)11-17/h6-11H,3-5,12-13H2,1-2H3,(H,25,26). The lowest BCUT2D eigenvalue weighted by molar-refractivity contribution is -0.149. The SMILES string of the molecule is Cc1cc(C)cc(NC(=O)COC(=O)COc2ccc3c4c(c(=O)oc3c2)CCC4)c1. The highest BCUT2D eigenvalue weighted by atomic mass is 16.6. The van der Waals surface area contributed by atoms with Gasteiger partial charge in [0.2, 0.25) is 0 Å². The molecule has 0 unspecified atom stereocenters. The summed E-state index contributed by atoms with van der Waals surface area (Å²) in [6.45, 7) is 3.10. The summed E-state index contributed by atoms with van der Waals surface area (Å²) in [4.78, 5) is 36.1. The molecule has 0 bridgehead atoms. The van der Waals surface area contributed by atoms with E-state index in [0.717, 1.165) is 46.9 Å². The number of nitrogens with one attached hydrogen (secondary N) is 1. The highest BCUT2D eigenvalue weighted by Gasteiger charge is 2.19. The zero-order valence-corrected chi connectivity index (χ0v) is 17.4. The summed E-state index contributed by atoms with van der Waals surface area (Å²) < 4.78 is 15.8. The van der Waals surface area contributed by atoms with Gasteiger partial charge in [0.15, 0.2) is 13.2 Å². The molecule has 2 aromatic carbocycles. The van der Waals surface area contributed by atoms with Crippen LogP contribution in [-0.2, 0) is 27.2 Å². The zero-order valence-electron chi connectivity index (χ0n) is 17.4. The van der Waals surface area contributed by atoms with E-state index in [2.05, 4.69) is 5.32 Å². The van der Waals surface area contributed by atoms with E-state index in [1.165, 1.54) is 0 Å². The minimum absolute atomic E-state index is 0.314. The Labute approximate surface area is 179 Å². The Kier molecular flexibility index (Phi) is 5.75. The molecule has 4 rings (SSSR count). The first-order valence-electron chi connectivity index (χ1n) is 10.1. The molecule has 1 aromatic heterocycles. The molecule has 1 N–H and O–H groups in total. The number of anilines is 1. The van der Waals surface area contributed by atoms with Crippen LogP contribution in [-0.4, -0.2) is 25.1 Å². The third kappa shape index (κ3) is 4.77. The van der Waals surface area contributed by atoms with E-state index in [-0.39, 0.29) is 12.2 Å². The van der Waals surface area contributed by atoms with Crippen molar-refractivity contribution in [3.63, 3.8) is 0 Å². The average Bonchev–Trinajstić information content (AvgIpc) is 3.20. The number of esters is 1. The molecular formula is C24H23NO6. The highest BCUT2D eigenvalue weighted by Crippen LogP contribution is 2.29. The molecule has 1 aliphatic rings. The van der Waals surface area contributed by atoms with Crippen molar-refractivity contribution in [1.82, 2.24) is 0 Å². The summed E-state index contributed by atoms with van der Waals surface area (Å²) in [5.74, 6) is -0.726. The van der Waals surface area contributed by atoms with Crippen LogP contribution in [0.4, 0.5) is 5.69 Å². The number of carbonyl (C=O) groups is 2. The van der Waals surface area contributed by atoms with Crippen molar-refractivity contribution < 1.29 is 23.5 Å². The van der Waals surface area contributed by atoms with Gasteiger partial charge in [-0.1, -0.05) is 6.07 Å². The molecule has 1 heterocycles. The van der Waals surface area contributed by atoms with Gasteiger partial charge in [-0.25, -0.2) is 9.59 Å². The first kappa shape index (κ1) is 20.7. The van der Waals surface area contributed by atoms with Crippen LogP contribution in [0.1, 0.15) is 28.7 Å². The molecule has 0 saturated heterocycles. The minimum atomic E-state index is -0.675. The van der Waals surface area contributed by atoms with E-state index in [1.807, 2.05) is 38.1 Å². The summed E-state index contributed by atoms with van der Waals surface area (Å²) >= 11 is 0. The van der Waals surface area contributed by atoms with Crippen molar-refractivity contribution in [2.24, 2.45) is 0 Å². The van der Waals surface area contributed by atoms with Crippen molar-refractivity contribution in [3.05, 3.63) is 69.1 Å². The Morgan fingerprint density at radius 1 is 1.00 bits per heavy atom. The first-order chi connectivity index (χ1) is 14.9. The van der Waals surface area contributed by atoms with Crippen molar-refractivity contribution in [2.45, 2.75) is 33.1 Å². The fourth-order valence-electron chi connectivity index (χ4n) is 3.93. The van der Waals surface area contributed by atoms with Crippen LogP contribution < -0.4 is 15.7 Å². The van der Waals surface area contributed by atoms with Gasteiger partial charge in [0.25, 0.3) is 5.91 Å². The third-order valence-electron chi connectivity index (χ3n) is 5.17. The number of carbonyl (C=O) groups excluding carboxylic acids is 2. The van der Waals surface area contributed by atoms with Crippen LogP contribution in [0.2, 0.25) is 0 Å². The van der Waals surface area contributed by atoms with Crippen molar-refractivity contribution in [2.75, 3.05) is 18.5 Å². The number of fused-ring (bicyclic) bond motifs is 3. The average molecular weight is 421 g/mol. The van der Waals surface area contributed by atoms with Crippen LogP contribution in [0.15, 0.2) is 45.6 Å². The van der Waals surface area contributed by atoms with E-state index < -0.39 is 18.5 Å². The predicted octanol–water partition coefficient (Wildman–Crippen LogP) is 3.46. The summed E-state index contributed by atoms with van der Waals surface area (Å²) in [5, 5.41) is 3.59. The molecule has 160 valence electrons. The molecular weight excluding hydrogens is 398 g/mol. The maximum atomic E-state index is 12.1. The summed E-state index contributed by atoms with van der Waals surface area (Å²) in [5.41, 5.74) is 4.61. The van der Waals surface area contributed by atoms with E-state index >= 15 is 0 Å². The monoisotopic (exact) mass is 421 g/mol. The number of ether oxygens (including phenoxy) is 2. The topological polar surface area (TPSA) is 94.8 Å².